The molecule has 0 fully saturated rings. The molecule has 8 heteroatoms. The Morgan fingerprint density at radius 2 is 1.17 bits per heavy atom. The number of rotatable bonds is 8. The van der Waals surface area contributed by atoms with Gasteiger partial charge >= 0.3 is 0 Å². The summed E-state index contributed by atoms with van der Waals surface area (Å²) in [5, 5.41) is 21.9. The van der Waals surface area contributed by atoms with Crippen LogP contribution < -0.4 is 0 Å². The van der Waals surface area contributed by atoms with Gasteiger partial charge in [0.05, 0.1) is 16.3 Å². The highest BCUT2D eigenvalue weighted by atomic mass is 16.6. The lowest BCUT2D eigenvalue weighted by molar-refractivity contribution is -0.385. The number of nitro benzene ring substituents is 2. The second kappa shape index (κ2) is 9.32. The molecule has 148 valence electrons. The molecule has 0 saturated carbocycles. The Morgan fingerprint density at radius 1 is 0.793 bits per heavy atom. The van der Waals surface area contributed by atoms with Crippen molar-refractivity contribution in [2.45, 2.75) is 20.3 Å². The molecule has 0 radical (unpaired) electrons. The minimum atomic E-state index is -0.502. The van der Waals surface area contributed by atoms with Gasteiger partial charge in [-0.1, -0.05) is 36.4 Å². The number of hydrogen-bond acceptors (Lipinski definition) is 6. The van der Waals surface area contributed by atoms with Crippen LogP contribution in [0.2, 0.25) is 0 Å². The van der Waals surface area contributed by atoms with Crippen molar-refractivity contribution in [1.82, 2.24) is 0 Å². The Bertz CT molecular complexity index is 970. The van der Waals surface area contributed by atoms with Gasteiger partial charge in [-0.25, -0.2) is 0 Å². The molecule has 0 aliphatic heterocycles. The Kier molecular flexibility index (Phi) is 6.86. The molecule has 2 aromatic carbocycles. The van der Waals surface area contributed by atoms with Crippen molar-refractivity contribution in [3.05, 3.63) is 91.0 Å². The molecule has 29 heavy (non-hydrogen) atoms. The first-order valence-electron chi connectivity index (χ1n) is 8.59. The molecule has 0 amide bonds. The molecule has 2 rings (SSSR count). The zero-order valence-electron chi connectivity index (χ0n) is 15.8. The minimum absolute atomic E-state index is 0.0502. The molecule has 0 unspecified atom stereocenters. The Balaban J connectivity index is 2.01. The fraction of sp³-hybridized carbons (Fsp3) is 0.143. The van der Waals surface area contributed by atoms with E-state index in [1.807, 2.05) is 0 Å². The molecule has 0 aromatic heterocycles. The van der Waals surface area contributed by atoms with Crippen molar-refractivity contribution >= 4 is 35.1 Å². The summed E-state index contributed by atoms with van der Waals surface area (Å²) in [5.74, 6) is -0.921. The van der Waals surface area contributed by atoms with Gasteiger partial charge in [0.2, 0.25) is 0 Å². The zero-order chi connectivity index (χ0) is 21.6. The number of aryl methyl sites for hydroxylation is 2. The third kappa shape index (κ3) is 6.03. The lowest BCUT2D eigenvalue weighted by atomic mass is 10.1. The van der Waals surface area contributed by atoms with Gasteiger partial charge in [0.25, 0.3) is 11.4 Å². The van der Waals surface area contributed by atoms with E-state index in [1.165, 1.54) is 36.4 Å². The number of nitro groups is 2. The summed E-state index contributed by atoms with van der Waals surface area (Å²) in [5.41, 5.74) is 1.87. The number of benzene rings is 2. The van der Waals surface area contributed by atoms with Gasteiger partial charge in [0, 0.05) is 23.3 Å². The lowest BCUT2D eigenvalue weighted by Gasteiger charge is -1.99. The van der Waals surface area contributed by atoms with E-state index in [1.54, 1.807) is 38.1 Å². The molecule has 0 atom stereocenters. The van der Waals surface area contributed by atoms with Crippen molar-refractivity contribution in [3.8, 4) is 0 Å². The first-order valence-corrected chi connectivity index (χ1v) is 8.59. The molecule has 0 spiro atoms. The molecule has 0 bridgehead atoms. The molecule has 0 N–H and O–H groups in total. The molecule has 8 nitrogen and oxygen atoms in total. The van der Waals surface area contributed by atoms with E-state index in [2.05, 4.69) is 0 Å². The SMILES string of the molecule is Cc1ccc(C=CC(=O)CC(=O)C=Cc2ccc(C)c([N+](=O)[O-])c2)cc1[N+](=O)[O-]. The number of nitrogens with zero attached hydrogens (tertiary/aromatic N) is 2. The highest BCUT2D eigenvalue weighted by molar-refractivity contribution is 6.10. The van der Waals surface area contributed by atoms with Crippen LogP contribution in [0, 0.1) is 34.1 Å². The third-order valence-electron chi connectivity index (χ3n) is 4.13. The van der Waals surface area contributed by atoms with E-state index in [4.69, 9.17) is 0 Å². The number of carbonyl (C=O) groups is 2. The van der Waals surface area contributed by atoms with E-state index in [0.717, 1.165) is 0 Å². The largest absolute Gasteiger partial charge is 0.294 e. The molecular formula is C21H18N2O6. The van der Waals surface area contributed by atoms with E-state index < -0.39 is 21.4 Å². The average molecular weight is 394 g/mol. The van der Waals surface area contributed by atoms with Crippen LogP contribution in [-0.2, 0) is 9.59 Å². The molecule has 0 aliphatic carbocycles. The second-order valence-electron chi connectivity index (χ2n) is 6.38. The van der Waals surface area contributed by atoms with Gasteiger partial charge in [0.1, 0.15) is 0 Å². The molecule has 0 saturated heterocycles. The van der Waals surface area contributed by atoms with Crippen molar-refractivity contribution in [3.63, 3.8) is 0 Å². The predicted octanol–water partition coefficient (Wildman–Crippen LogP) is 4.37. The predicted molar refractivity (Wildman–Crippen MR) is 108 cm³/mol. The van der Waals surface area contributed by atoms with Gasteiger partial charge in [-0.3, -0.25) is 29.8 Å². The second-order valence-corrected chi connectivity index (χ2v) is 6.38. The van der Waals surface area contributed by atoms with Gasteiger partial charge in [0.15, 0.2) is 11.6 Å². The van der Waals surface area contributed by atoms with Crippen LogP contribution in [0.25, 0.3) is 12.2 Å². The molecule has 0 heterocycles. The minimum Gasteiger partial charge on any atom is -0.294 e. The smallest absolute Gasteiger partial charge is 0.272 e. The van der Waals surface area contributed by atoms with Crippen LogP contribution in [0.3, 0.4) is 0 Å². The Hall–Kier alpha value is -3.94. The maximum atomic E-state index is 11.9. The van der Waals surface area contributed by atoms with Crippen molar-refractivity contribution in [2.75, 3.05) is 0 Å². The number of allylic oxidation sites excluding steroid dienone is 2. The quantitative estimate of drug-likeness (QED) is 0.284. The fourth-order valence-electron chi connectivity index (χ4n) is 2.52. The van der Waals surface area contributed by atoms with Crippen LogP contribution in [0.1, 0.15) is 28.7 Å². The summed E-state index contributed by atoms with van der Waals surface area (Å²) in [7, 11) is 0. The maximum Gasteiger partial charge on any atom is 0.272 e. The average Bonchev–Trinajstić information content (AvgIpc) is 2.66. The van der Waals surface area contributed by atoms with Crippen molar-refractivity contribution in [2.24, 2.45) is 0 Å². The van der Waals surface area contributed by atoms with E-state index in [9.17, 15) is 29.8 Å². The summed E-state index contributed by atoms with van der Waals surface area (Å²) >= 11 is 0. The molecular weight excluding hydrogens is 376 g/mol. The Morgan fingerprint density at radius 3 is 1.52 bits per heavy atom. The summed E-state index contributed by atoms with van der Waals surface area (Å²) in [4.78, 5) is 44.8. The monoisotopic (exact) mass is 394 g/mol. The zero-order valence-corrected chi connectivity index (χ0v) is 15.8. The summed E-state index contributed by atoms with van der Waals surface area (Å²) in [6.07, 6.45) is 4.83. The third-order valence-corrected chi connectivity index (χ3v) is 4.13. The van der Waals surface area contributed by atoms with E-state index in [0.29, 0.717) is 22.3 Å². The summed E-state index contributed by atoms with van der Waals surface area (Å²) < 4.78 is 0. The van der Waals surface area contributed by atoms with Crippen LogP contribution in [-0.4, -0.2) is 21.4 Å². The van der Waals surface area contributed by atoms with Gasteiger partial charge in [-0.2, -0.15) is 0 Å². The van der Waals surface area contributed by atoms with E-state index >= 15 is 0 Å². The summed E-state index contributed by atoms with van der Waals surface area (Å²) in [6.45, 7) is 3.23. The summed E-state index contributed by atoms with van der Waals surface area (Å²) in [6, 6.07) is 9.14. The van der Waals surface area contributed by atoms with Crippen LogP contribution in [0.4, 0.5) is 11.4 Å². The van der Waals surface area contributed by atoms with Crippen molar-refractivity contribution < 1.29 is 19.4 Å². The number of carbonyl (C=O) groups excluding carboxylic acids is 2. The molecule has 0 aliphatic rings. The van der Waals surface area contributed by atoms with Gasteiger partial charge < -0.3 is 0 Å². The number of ketones is 2. The number of hydrogen-bond donors (Lipinski definition) is 0. The van der Waals surface area contributed by atoms with Gasteiger partial charge in [-0.15, -0.1) is 0 Å². The maximum absolute atomic E-state index is 11.9. The first-order chi connectivity index (χ1) is 13.7. The fourth-order valence-corrected chi connectivity index (χ4v) is 2.52. The van der Waals surface area contributed by atoms with Crippen LogP contribution in [0.15, 0.2) is 48.6 Å². The normalized spacial score (nSPS) is 11.1. The highest BCUT2D eigenvalue weighted by Gasteiger charge is 2.11. The highest BCUT2D eigenvalue weighted by Crippen LogP contribution is 2.21. The lowest BCUT2D eigenvalue weighted by Crippen LogP contribution is -2.02. The Labute approximate surface area is 166 Å². The molecule has 2 aromatic rings. The van der Waals surface area contributed by atoms with E-state index in [-0.39, 0.29) is 17.8 Å². The van der Waals surface area contributed by atoms with Crippen LogP contribution >= 0.6 is 0 Å². The van der Waals surface area contributed by atoms with Crippen molar-refractivity contribution in [1.29, 1.82) is 0 Å². The van der Waals surface area contributed by atoms with Crippen LogP contribution in [0.5, 0.6) is 0 Å². The standard InChI is InChI=1S/C21H18N2O6/c1-14-3-5-16(11-20(14)22(26)27)7-9-18(24)13-19(25)10-8-17-6-4-15(2)21(12-17)23(28)29/h3-12H,13H2,1-2H3. The topological polar surface area (TPSA) is 120 Å². The first kappa shape index (κ1) is 21.4. The van der Waals surface area contributed by atoms with Gasteiger partial charge in [-0.05, 0) is 37.1 Å².